The molecular formula is C13H17NO2. The number of nitrogens with one attached hydrogen (secondary N) is 1. The standard InChI is InChI=1S/C13H17NO2/c1-11(15)14-9-4-3-6-12-7-5-8-13(10-12)16-2/h3,5-8,10H,4,9H2,1-2H3,(H,14,15). The van der Waals surface area contributed by atoms with E-state index in [2.05, 4.69) is 5.32 Å². The summed E-state index contributed by atoms with van der Waals surface area (Å²) < 4.78 is 5.12. The van der Waals surface area contributed by atoms with Crippen LogP contribution in [0.1, 0.15) is 18.9 Å². The van der Waals surface area contributed by atoms with Gasteiger partial charge in [-0.15, -0.1) is 0 Å². The van der Waals surface area contributed by atoms with E-state index in [1.165, 1.54) is 6.92 Å². The fraction of sp³-hybridized carbons (Fsp3) is 0.308. The monoisotopic (exact) mass is 219 g/mol. The topological polar surface area (TPSA) is 38.3 Å². The van der Waals surface area contributed by atoms with Crippen molar-refractivity contribution in [3.05, 3.63) is 35.9 Å². The fourth-order valence-corrected chi connectivity index (χ4v) is 1.30. The second-order valence-electron chi connectivity index (χ2n) is 3.45. The Morgan fingerprint density at radius 3 is 3.00 bits per heavy atom. The molecule has 86 valence electrons. The minimum Gasteiger partial charge on any atom is -0.497 e. The first kappa shape index (κ1) is 12.3. The van der Waals surface area contributed by atoms with Crippen molar-refractivity contribution in [1.82, 2.24) is 5.32 Å². The molecule has 0 fully saturated rings. The molecule has 0 aromatic heterocycles. The molecule has 0 atom stereocenters. The van der Waals surface area contributed by atoms with Crippen LogP contribution in [0, 0.1) is 0 Å². The molecule has 0 aliphatic carbocycles. The van der Waals surface area contributed by atoms with Crippen LogP contribution < -0.4 is 10.1 Å². The molecule has 0 spiro atoms. The Balaban J connectivity index is 2.40. The van der Waals surface area contributed by atoms with E-state index in [1.807, 2.05) is 36.4 Å². The van der Waals surface area contributed by atoms with E-state index < -0.39 is 0 Å². The van der Waals surface area contributed by atoms with Gasteiger partial charge in [0.25, 0.3) is 0 Å². The number of carbonyl (C=O) groups excluding carboxylic acids is 1. The van der Waals surface area contributed by atoms with Gasteiger partial charge in [0.15, 0.2) is 0 Å². The van der Waals surface area contributed by atoms with E-state index in [4.69, 9.17) is 4.74 Å². The molecule has 1 rings (SSSR count). The van der Waals surface area contributed by atoms with E-state index in [1.54, 1.807) is 7.11 Å². The van der Waals surface area contributed by atoms with Crippen molar-refractivity contribution in [2.75, 3.05) is 13.7 Å². The summed E-state index contributed by atoms with van der Waals surface area (Å²) in [6, 6.07) is 7.84. The highest BCUT2D eigenvalue weighted by Crippen LogP contribution is 2.13. The molecule has 0 aliphatic heterocycles. The van der Waals surface area contributed by atoms with Crippen LogP contribution >= 0.6 is 0 Å². The normalized spacial score (nSPS) is 10.4. The van der Waals surface area contributed by atoms with Crippen LogP contribution in [0.2, 0.25) is 0 Å². The van der Waals surface area contributed by atoms with Crippen molar-refractivity contribution in [1.29, 1.82) is 0 Å². The molecule has 1 amide bonds. The van der Waals surface area contributed by atoms with Crippen LogP contribution in [0.15, 0.2) is 30.3 Å². The van der Waals surface area contributed by atoms with E-state index in [0.29, 0.717) is 6.54 Å². The first-order chi connectivity index (χ1) is 7.72. The number of carbonyl (C=O) groups is 1. The minimum absolute atomic E-state index is 0.00906. The van der Waals surface area contributed by atoms with E-state index in [9.17, 15) is 4.79 Å². The van der Waals surface area contributed by atoms with Crippen LogP contribution in [0.25, 0.3) is 6.08 Å². The molecule has 3 nitrogen and oxygen atoms in total. The second-order valence-corrected chi connectivity index (χ2v) is 3.45. The van der Waals surface area contributed by atoms with Gasteiger partial charge in [-0.1, -0.05) is 24.3 Å². The van der Waals surface area contributed by atoms with Gasteiger partial charge in [0.05, 0.1) is 7.11 Å². The van der Waals surface area contributed by atoms with Crippen molar-refractivity contribution in [3.63, 3.8) is 0 Å². The average molecular weight is 219 g/mol. The number of hydrogen-bond donors (Lipinski definition) is 1. The zero-order valence-corrected chi connectivity index (χ0v) is 9.69. The lowest BCUT2D eigenvalue weighted by Crippen LogP contribution is -2.20. The van der Waals surface area contributed by atoms with E-state index in [-0.39, 0.29) is 5.91 Å². The average Bonchev–Trinajstić information content (AvgIpc) is 2.28. The number of methoxy groups -OCH3 is 1. The highest BCUT2D eigenvalue weighted by molar-refractivity contribution is 5.72. The third kappa shape index (κ3) is 4.64. The molecule has 3 heteroatoms. The highest BCUT2D eigenvalue weighted by atomic mass is 16.5. The summed E-state index contributed by atoms with van der Waals surface area (Å²) in [6.45, 7) is 2.20. The summed E-state index contributed by atoms with van der Waals surface area (Å²) in [5.74, 6) is 0.860. The molecule has 0 saturated carbocycles. The Kier molecular flexibility index (Phi) is 5.12. The largest absolute Gasteiger partial charge is 0.497 e. The fourth-order valence-electron chi connectivity index (χ4n) is 1.30. The van der Waals surface area contributed by atoms with Gasteiger partial charge in [0.2, 0.25) is 5.91 Å². The first-order valence-electron chi connectivity index (χ1n) is 5.27. The van der Waals surface area contributed by atoms with Gasteiger partial charge >= 0.3 is 0 Å². The van der Waals surface area contributed by atoms with Gasteiger partial charge in [0, 0.05) is 13.5 Å². The number of hydrogen-bond acceptors (Lipinski definition) is 2. The lowest BCUT2D eigenvalue weighted by Gasteiger charge is -2.00. The van der Waals surface area contributed by atoms with Gasteiger partial charge in [-0.05, 0) is 24.1 Å². The van der Waals surface area contributed by atoms with Crippen LogP contribution in [-0.2, 0) is 4.79 Å². The summed E-state index contributed by atoms with van der Waals surface area (Å²) >= 11 is 0. The zero-order chi connectivity index (χ0) is 11.8. The lowest BCUT2D eigenvalue weighted by atomic mass is 10.2. The molecule has 1 aromatic rings. The summed E-state index contributed by atoms with van der Waals surface area (Å²) in [5.41, 5.74) is 1.10. The van der Waals surface area contributed by atoms with Crippen molar-refractivity contribution in [2.45, 2.75) is 13.3 Å². The SMILES string of the molecule is COc1cccc(C=CCCNC(C)=O)c1. The van der Waals surface area contributed by atoms with Gasteiger partial charge in [0.1, 0.15) is 5.75 Å². The maximum atomic E-state index is 10.6. The molecule has 0 heterocycles. The summed E-state index contributed by atoms with van der Waals surface area (Å²) in [5, 5.41) is 2.74. The Morgan fingerprint density at radius 1 is 1.50 bits per heavy atom. The maximum absolute atomic E-state index is 10.6. The predicted molar refractivity (Wildman–Crippen MR) is 65.3 cm³/mol. The highest BCUT2D eigenvalue weighted by Gasteiger charge is 1.91. The van der Waals surface area contributed by atoms with Crippen molar-refractivity contribution in [2.24, 2.45) is 0 Å². The van der Waals surface area contributed by atoms with Gasteiger partial charge < -0.3 is 10.1 Å². The van der Waals surface area contributed by atoms with E-state index in [0.717, 1.165) is 17.7 Å². The van der Waals surface area contributed by atoms with Crippen LogP contribution in [0.4, 0.5) is 0 Å². The van der Waals surface area contributed by atoms with Gasteiger partial charge in [-0.3, -0.25) is 4.79 Å². The molecule has 1 aromatic carbocycles. The summed E-state index contributed by atoms with van der Waals surface area (Å²) in [7, 11) is 1.65. The number of amides is 1. The van der Waals surface area contributed by atoms with Crippen LogP contribution in [0.5, 0.6) is 5.75 Å². The molecule has 0 saturated heterocycles. The third-order valence-corrected chi connectivity index (χ3v) is 2.09. The smallest absolute Gasteiger partial charge is 0.216 e. The van der Waals surface area contributed by atoms with Crippen LogP contribution in [0.3, 0.4) is 0 Å². The van der Waals surface area contributed by atoms with Crippen LogP contribution in [-0.4, -0.2) is 19.6 Å². The molecule has 0 unspecified atom stereocenters. The number of rotatable bonds is 5. The quantitative estimate of drug-likeness (QED) is 0.771. The summed E-state index contributed by atoms with van der Waals surface area (Å²) in [4.78, 5) is 10.6. The molecule has 0 radical (unpaired) electrons. The van der Waals surface area contributed by atoms with Crippen molar-refractivity contribution >= 4 is 12.0 Å². The molecular weight excluding hydrogens is 202 g/mol. The Bertz CT molecular complexity index is 372. The molecule has 0 aliphatic rings. The Morgan fingerprint density at radius 2 is 2.31 bits per heavy atom. The first-order valence-corrected chi connectivity index (χ1v) is 5.27. The van der Waals surface area contributed by atoms with Crippen molar-refractivity contribution < 1.29 is 9.53 Å². The Labute approximate surface area is 96.1 Å². The summed E-state index contributed by atoms with van der Waals surface area (Å²) in [6.07, 6.45) is 4.88. The molecule has 0 bridgehead atoms. The second kappa shape index (κ2) is 6.67. The minimum atomic E-state index is 0.00906. The number of ether oxygens (including phenoxy) is 1. The Hall–Kier alpha value is -1.77. The third-order valence-electron chi connectivity index (χ3n) is 2.09. The lowest BCUT2D eigenvalue weighted by molar-refractivity contribution is -0.118. The predicted octanol–water partition coefficient (Wildman–Crippen LogP) is 2.23. The molecule has 16 heavy (non-hydrogen) atoms. The number of benzene rings is 1. The maximum Gasteiger partial charge on any atom is 0.216 e. The van der Waals surface area contributed by atoms with E-state index >= 15 is 0 Å². The zero-order valence-electron chi connectivity index (χ0n) is 9.69. The van der Waals surface area contributed by atoms with Crippen molar-refractivity contribution in [3.8, 4) is 5.75 Å². The van der Waals surface area contributed by atoms with Gasteiger partial charge in [-0.25, -0.2) is 0 Å². The molecule has 1 N–H and O–H groups in total. The van der Waals surface area contributed by atoms with Gasteiger partial charge in [-0.2, -0.15) is 0 Å².